The molecule has 0 saturated carbocycles. The van der Waals surface area contributed by atoms with Crippen molar-refractivity contribution in [2.45, 2.75) is 19.3 Å². The van der Waals surface area contributed by atoms with E-state index in [0.29, 0.717) is 5.69 Å². The van der Waals surface area contributed by atoms with Crippen LogP contribution in [-0.2, 0) is 12.8 Å². The maximum absolute atomic E-state index is 11.1. The van der Waals surface area contributed by atoms with Gasteiger partial charge in [0.05, 0.1) is 6.26 Å². The Balaban J connectivity index is 2.37. The van der Waals surface area contributed by atoms with Crippen LogP contribution in [0.3, 0.4) is 0 Å². The molecule has 0 saturated heterocycles. The van der Waals surface area contributed by atoms with Crippen LogP contribution in [0.15, 0.2) is 22.8 Å². The van der Waals surface area contributed by atoms with Crippen LogP contribution in [0.4, 0.5) is 5.69 Å². The Bertz CT molecular complexity index is 516. The van der Waals surface area contributed by atoms with Gasteiger partial charge in [0.2, 0.25) is 0 Å². The average molecular weight is 205 g/mol. The molecular weight excluding hydrogens is 194 g/mol. The van der Waals surface area contributed by atoms with Crippen molar-refractivity contribution in [3.63, 3.8) is 0 Å². The summed E-state index contributed by atoms with van der Waals surface area (Å²) >= 11 is 0. The van der Waals surface area contributed by atoms with E-state index in [1.807, 2.05) is 0 Å². The summed E-state index contributed by atoms with van der Waals surface area (Å²) in [6, 6.07) is 3.38. The molecule has 1 unspecified atom stereocenters. The minimum atomic E-state index is -0.846. The summed E-state index contributed by atoms with van der Waals surface area (Å²) < 4.78 is 5.40. The Labute approximate surface area is 86.3 Å². The molecule has 0 bridgehead atoms. The minimum Gasteiger partial charge on any atom is -0.595 e. The third kappa shape index (κ3) is 1.19. The molecule has 1 aromatic carbocycles. The quantitative estimate of drug-likeness (QED) is 0.690. The van der Waals surface area contributed by atoms with Gasteiger partial charge in [0, 0.05) is 17.0 Å². The number of hydrogen-bond acceptors (Lipinski definition) is 3. The monoisotopic (exact) mass is 205 g/mol. The number of quaternary nitrogens is 1. The van der Waals surface area contributed by atoms with E-state index in [1.165, 1.54) is 0 Å². The fourth-order valence-electron chi connectivity index (χ4n) is 2.37. The highest BCUT2D eigenvalue weighted by Crippen LogP contribution is 2.34. The second kappa shape index (κ2) is 3.06. The SMILES string of the molecule is [O-][NH+](O)c1ccc2occ3c2c1CCC3. The molecule has 3 rings (SSSR count). The van der Waals surface area contributed by atoms with Gasteiger partial charge in [-0.2, -0.15) is 5.23 Å². The van der Waals surface area contributed by atoms with E-state index in [0.717, 1.165) is 41.4 Å². The fraction of sp³-hybridized carbons (Fsp3) is 0.273. The second-order valence-electron chi connectivity index (χ2n) is 3.88. The minimum absolute atomic E-state index is 0.421. The molecule has 0 aliphatic heterocycles. The van der Waals surface area contributed by atoms with Gasteiger partial charge >= 0.3 is 0 Å². The first-order valence-electron chi connectivity index (χ1n) is 5.02. The maximum atomic E-state index is 11.1. The summed E-state index contributed by atoms with van der Waals surface area (Å²) in [5, 5.41) is 20.3. The van der Waals surface area contributed by atoms with E-state index in [9.17, 15) is 5.21 Å². The smallest absolute Gasteiger partial charge is 0.167 e. The zero-order valence-corrected chi connectivity index (χ0v) is 8.12. The highest BCUT2D eigenvalue weighted by Gasteiger charge is 2.21. The third-order valence-electron chi connectivity index (χ3n) is 3.03. The van der Waals surface area contributed by atoms with Crippen LogP contribution in [0.5, 0.6) is 0 Å². The van der Waals surface area contributed by atoms with Crippen molar-refractivity contribution >= 4 is 16.7 Å². The normalized spacial score (nSPS) is 16.9. The lowest BCUT2D eigenvalue weighted by molar-refractivity contribution is -0.991. The Morgan fingerprint density at radius 2 is 2.20 bits per heavy atom. The van der Waals surface area contributed by atoms with Crippen LogP contribution in [-0.4, -0.2) is 5.21 Å². The van der Waals surface area contributed by atoms with Crippen LogP contribution >= 0.6 is 0 Å². The molecule has 1 atom stereocenters. The molecule has 1 aliphatic rings. The Morgan fingerprint density at radius 3 is 3.00 bits per heavy atom. The van der Waals surface area contributed by atoms with Crippen LogP contribution in [0.25, 0.3) is 11.0 Å². The lowest BCUT2D eigenvalue weighted by Crippen LogP contribution is -2.99. The molecule has 15 heavy (non-hydrogen) atoms. The van der Waals surface area contributed by atoms with Gasteiger partial charge < -0.3 is 9.62 Å². The van der Waals surface area contributed by atoms with Crippen LogP contribution in [0, 0.1) is 5.21 Å². The summed E-state index contributed by atoms with van der Waals surface area (Å²) in [4.78, 5) is 0. The van der Waals surface area contributed by atoms with E-state index in [2.05, 4.69) is 0 Å². The van der Waals surface area contributed by atoms with Crippen molar-refractivity contribution in [3.05, 3.63) is 34.7 Å². The Hall–Kier alpha value is -1.36. The van der Waals surface area contributed by atoms with Crippen molar-refractivity contribution < 1.29 is 14.9 Å². The zero-order chi connectivity index (χ0) is 10.4. The molecule has 2 N–H and O–H groups in total. The standard InChI is InChI=1S/C11H11NO3/c13-12(14)9-4-5-10-11-7(6-15-10)2-1-3-8(9)11/h4-6,12-13H,1-3H2. The summed E-state index contributed by atoms with van der Waals surface area (Å²) in [5.41, 5.74) is 3.32. The number of nitrogens with one attached hydrogen (secondary N) is 1. The zero-order valence-electron chi connectivity index (χ0n) is 8.12. The van der Waals surface area contributed by atoms with Gasteiger partial charge in [0.1, 0.15) is 5.58 Å². The van der Waals surface area contributed by atoms with Crippen molar-refractivity contribution in [2.24, 2.45) is 0 Å². The molecular formula is C11H11NO3. The first-order valence-corrected chi connectivity index (χ1v) is 5.02. The molecule has 2 aromatic rings. The summed E-state index contributed by atoms with van der Waals surface area (Å²) in [6.45, 7) is 0. The highest BCUT2D eigenvalue weighted by molar-refractivity contribution is 5.88. The van der Waals surface area contributed by atoms with E-state index < -0.39 is 5.23 Å². The van der Waals surface area contributed by atoms with Crippen molar-refractivity contribution in [1.82, 2.24) is 0 Å². The molecule has 1 aliphatic carbocycles. The molecule has 4 heteroatoms. The Morgan fingerprint density at radius 1 is 1.33 bits per heavy atom. The summed E-state index contributed by atoms with van der Waals surface area (Å²) in [5.74, 6) is 0. The number of hydrogen-bond donors (Lipinski definition) is 2. The largest absolute Gasteiger partial charge is 0.595 e. The van der Waals surface area contributed by atoms with Gasteiger partial charge in [0.25, 0.3) is 0 Å². The number of furan rings is 1. The maximum Gasteiger partial charge on any atom is 0.167 e. The predicted octanol–water partition coefficient (Wildman–Crippen LogP) is 1.32. The summed E-state index contributed by atoms with van der Waals surface area (Å²) in [6.07, 6.45) is 4.58. The van der Waals surface area contributed by atoms with Gasteiger partial charge in [-0.05, 0) is 30.9 Å². The third-order valence-corrected chi connectivity index (χ3v) is 3.03. The van der Waals surface area contributed by atoms with Gasteiger partial charge in [0.15, 0.2) is 5.69 Å². The predicted molar refractivity (Wildman–Crippen MR) is 54.0 cm³/mol. The van der Waals surface area contributed by atoms with Crippen LogP contribution < -0.4 is 5.23 Å². The molecule has 0 radical (unpaired) electrons. The highest BCUT2D eigenvalue weighted by atomic mass is 16.8. The topological polar surface area (TPSA) is 60.9 Å². The lowest BCUT2D eigenvalue weighted by atomic mass is 9.92. The molecule has 1 aromatic heterocycles. The molecule has 0 amide bonds. The van der Waals surface area contributed by atoms with Crippen LogP contribution in [0.2, 0.25) is 0 Å². The molecule has 1 heterocycles. The molecule has 0 spiro atoms. The first kappa shape index (κ1) is 8.91. The van der Waals surface area contributed by atoms with E-state index in [4.69, 9.17) is 9.62 Å². The van der Waals surface area contributed by atoms with E-state index in [1.54, 1.807) is 18.4 Å². The lowest BCUT2D eigenvalue weighted by Gasteiger charge is -2.18. The average Bonchev–Trinajstić information content (AvgIpc) is 2.64. The van der Waals surface area contributed by atoms with Crippen molar-refractivity contribution in [2.75, 3.05) is 0 Å². The van der Waals surface area contributed by atoms with Gasteiger partial charge in [-0.15, -0.1) is 0 Å². The summed E-state index contributed by atoms with van der Waals surface area (Å²) in [7, 11) is 0. The molecule has 4 nitrogen and oxygen atoms in total. The second-order valence-corrected chi connectivity index (χ2v) is 3.88. The first-order chi connectivity index (χ1) is 7.27. The van der Waals surface area contributed by atoms with E-state index in [-0.39, 0.29) is 0 Å². The van der Waals surface area contributed by atoms with Crippen molar-refractivity contribution in [3.8, 4) is 0 Å². The molecule has 0 fully saturated rings. The van der Waals surface area contributed by atoms with Crippen molar-refractivity contribution in [1.29, 1.82) is 0 Å². The fourth-order valence-corrected chi connectivity index (χ4v) is 2.37. The van der Waals surface area contributed by atoms with Crippen LogP contribution in [0.1, 0.15) is 17.5 Å². The van der Waals surface area contributed by atoms with E-state index >= 15 is 0 Å². The van der Waals surface area contributed by atoms with Gasteiger partial charge in [-0.25, -0.2) is 5.21 Å². The van der Waals surface area contributed by atoms with Gasteiger partial charge in [-0.1, -0.05) is 0 Å². The number of benzene rings is 1. The molecule has 78 valence electrons. The Kier molecular flexibility index (Phi) is 1.82. The van der Waals surface area contributed by atoms with Gasteiger partial charge in [-0.3, -0.25) is 0 Å². The number of rotatable bonds is 1. The number of aryl methyl sites for hydroxylation is 2.